The Balaban J connectivity index is 0.000000148. The number of sulfone groups is 1. The lowest BCUT2D eigenvalue weighted by Crippen LogP contribution is -2.17. The van der Waals surface area contributed by atoms with Gasteiger partial charge in [0.25, 0.3) is 5.69 Å². The first-order valence-corrected chi connectivity index (χ1v) is 40.5. The number of primary amides is 2. The van der Waals surface area contributed by atoms with Gasteiger partial charge in [-0.15, -0.1) is 0 Å². The minimum absolute atomic E-state index is 0.0287. The quantitative estimate of drug-likeness (QED) is 0.0161. The molecule has 4 aromatic heterocycles. The minimum Gasteiger partial charge on any atom is -0.507 e. The molecule has 0 aliphatic rings. The third-order valence-corrected chi connectivity index (χ3v) is 20.2. The lowest BCUT2D eigenvalue weighted by atomic mass is 10.0. The van der Waals surface area contributed by atoms with Crippen molar-refractivity contribution in [2.45, 2.75) is 4.90 Å². The number of carbonyl (C=O) groups excluding carboxylic acids is 6. The monoisotopic (exact) mass is 1760 g/mol. The molecule has 0 aliphatic carbocycles. The Kier molecular flexibility index (Phi) is 27.6. The van der Waals surface area contributed by atoms with Gasteiger partial charge >= 0.3 is 23.9 Å². The fourth-order valence-corrected chi connectivity index (χ4v) is 13.3. The maximum atomic E-state index is 12.2. The average molecular weight is 1760 g/mol. The van der Waals surface area contributed by atoms with E-state index in [1.54, 1.807) is 133 Å². The van der Waals surface area contributed by atoms with Crippen molar-refractivity contribution >= 4 is 51.2 Å². The number of nitrogens with two attached hydrogens (primary N) is 2. The summed E-state index contributed by atoms with van der Waals surface area (Å²) in [5.41, 5.74) is 16.9. The average Bonchev–Trinajstić information content (AvgIpc) is 0.778. The number of hydrogen-bond acceptors (Lipinski definition) is 31. The molecule has 16 rings (SSSR count). The van der Waals surface area contributed by atoms with Crippen LogP contribution in [0.25, 0.3) is 137 Å². The lowest BCUT2D eigenvalue weighted by Gasteiger charge is -2.13. The Morgan fingerprint density at radius 3 is 0.862 bits per heavy atom. The molecule has 0 aliphatic heterocycles. The minimum atomic E-state index is -3.52. The Bertz CT molecular complexity index is 7080. The van der Waals surface area contributed by atoms with Crippen LogP contribution in [-0.2, 0) is 28.8 Å². The molecule has 2 amide bonds. The molecule has 4 heterocycles. The number of methoxy groups -OCH3 is 4. The van der Waals surface area contributed by atoms with E-state index < -0.39 is 56.2 Å². The molecule has 9 N–H and O–H groups in total. The van der Waals surface area contributed by atoms with Gasteiger partial charge in [-0.2, -0.15) is 0 Å². The number of nitro benzene ring substituents is 1. The van der Waals surface area contributed by atoms with Crippen molar-refractivity contribution < 1.29 is 86.6 Å². The number of phenolic OH excluding ortho intramolecular Hbond substituents is 5. The van der Waals surface area contributed by atoms with E-state index in [0.717, 1.165) is 17.9 Å². The zero-order valence-corrected chi connectivity index (χ0v) is 69.8. The first kappa shape index (κ1) is 89.6. The van der Waals surface area contributed by atoms with Crippen LogP contribution < -0.4 is 11.5 Å². The summed E-state index contributed by atoms with van der Waals surface area (Å²) in [6.45, 7) is 0. The van der Waals surface area contributed by atoms with E-state index in [9.17, 15) is 72.8 Å². The van der Waals surface area contributed by atoms with E-state index in [4.69, 9.17) is 30.4 Å². The second-order valence-corrected chi connectivity index (χ2v) is 29.7. The van der Waals surface area contributed by atoms with Crippen molar-refractivity contribution in [1.29, 1.82) is 0 Å². The van der Waals surface area contributed by atoms with Crippen LogP contribution >= 0.6 is 0 Å². The van der Waals surface area contributed by atoms with Gasteiger partial charge < -0.3 is 55.9 Å². The largest absolute Gasteiger partial charge is 0.507 e. The van der Waals surface area contributed by atoms with Crippen molar-refractivity contribution in [2.75, 3.05) is 34.7 Å². The molecule has 35 heteroatoms. The third kappa shape index (κ3) is 21.0. The number of esters is 4. The fraction of sp³-hybridized carbons (Fsp3) is 0.0526. The molecule has 646 valence electrons. The van der Waals surface area contributed by atoms with E-state index in [1.807, 2.05) is 84.9 Å². The highest BCUT2D eigenvalue weighted by atomic mass is 32.2. The number of phenols is 5. The number of nitro groups is 1. The smallest absolute Gasteiger partial charge is 0.337 e. The van der Waals surface area contributed by atoms with Gasteiger partial charge in [0.15, 0.2) is 79.7 Å². The molecular weight excluding hydrogens is 1690 g/mol. The molecule has 0 spiro atoms. The fourth-order valence-electron chi connectivity index (χ4n) is 12.6. The van der Waals surface area contributed by atoms with Crippen LogP contribution in [0.3, 0.4) is 0 Å². The number of nitrogens with zero attached hydrogens (tertiary/aromatic N) is 13. The molecule has 0 saturated heterocycles. The molecule has 0 bridgehead atoms. The Morgan fingerprint density at radius 1 is 0.292 bits per heavy atom. The third-order valence-electron chi connectivity index (χ3n) is 19.1. The van der Waals surface area contributed by atoms with Crippen LogP contribution in [0.2, 0.25) is 0 Å². The topological polar surface area (TPSA) is 524 Å². The number of hydrogen-bond donors (Lipinski definition) is 7. The number of aromatic nitrogens is 12. The van der Waals surface area contributed by atoms with Gasteiger partial charge in [-0.05, 0) is 97.1 Å². The van der Waals surface area contributed by atoms with E-state index >= 15 is 0 Å². The second-order valence-electron chi connectivity index (χ2n) is 27.7. The van der Waals surface area contributed by atoms with Gasteiger partial charge in [-0.3, -0.25) is 19.7 Å². The zero-order valence-electron chi connectivity index (χ0n) is 69.0. The Morgan fingerprint density at radius 2 is 0.569 bits per heavy atom. The zero-order chi connectivity index (χ0) is 92.5. The number of benzene rings is 12. The van der Waals surface area contributed by atoms with Crippen LogP contribution in [0.5, 0.6) is 28.7 Å². The van der Waals surface area contributed by atoms with Gasteiger partial charge in [0.2, 0.25) is 11.8 Å². The second kappa shape index (κ2) is 40.0. The first-order valence-electron chi connectivity index (χ1n) is 38.6. The number of aromatic hydroxyl groups is 5. The summed E-state index contributed by atoms with van der Waals surface area (Å²) in [5, 5.41) is 63.7. The van der Waals surface area contributed by atoms with E-state index in [0.29, 0.717) is 84.5 Å². The molecule has 0 fully saturated rings. The van der Waals surface area contributed by atoms with Crippen molar-refractivity contribution in [1.82, 2.24) is 59.8 Å². The van der Waals surface area contributed by atoms with E-state index in [1.165, 1.54) is 89.1 Å². The van der Waals surface area contributed by atoms with Crippen LogP contribution in [0.4, 0.5) is 5.69 Å². The van der Waals surface area contributed by atoms with Crippen LogP contribution in [0.1, 0.15) is 62.1 Å². The summed E-state index contributed by atoms with van der Waals surface area (Å²) in [4.78, 5) is 136. The summed E-state index contributed by atoms with van der Waals surface area (Å²) >= 11 is 0. The van der Waals surface area contributed by atoms with E-state index in [-0.39, 0.29) is 114 Å². The molecule has 0 atom stereocenters. The first-order chi connectivity index (χ1) is 62.6. The van der Waals surface area contributed by atoms with Gasteiger partial charge in [0, 0.05) is 62.4 Å². The highest BCUT2D eigenvalue weighted by molar-refractivity contribution is 7.90. The summed E-state index contributed by atoms with van der Waals surface area (Å²) < 4.78 is 43.0. The number of ether oxygens (including phenoxy) is 4. The molecule has 0 radical (unpaired) electrons. The molecule has 0 unspecified atom stereocenters. The highest BCUT2D eigenvalue weighted by Gasteiger charge is 2.28. The van der Waals surface area contributed by atoms with Crippen molar-refractivity contribution in [3.8, 4) is 165 Å². The summed E-state index contributed by atoms with van der Waals surface area (Å²) in [6.07, 6.45) is 1.08. The highest BCUT2D eigenvalue weighted by Crippen LogP contribution is 2.41. The Labute approximate surface area is 738 Å². The van der Waals surface area contributed by atoms with Gasteiger partial charge in [0.05, 0.1) is 77.2 Å². The van der Waals surface area contributed by atoms with Gasteiger partial charge in [-0.1, -0.05) is 182 Å². The molecule has 12 aromatic carbocycles. The molecule has 16 aromatic rings. The summed E-state index contributed by atoms with van der Waals surface area (Å²) in [5.74, 6) is -2.41. The lowest BCUT2D eigenvalue weighted by molar-refractivity contribution is -0.384. The van der Waals surface area contributed by atoms with Crippen molar-refractivity contribution in [2.24, 2.45) is 11.5 Å². The van der Waals surface area contributed by atoms with Crippen LogP contribution in [-0.4, -0.2) is 169 Å². The number of rotatable bonds is 20. The number of amides is 2. The predicted octanol–water partition coefficient (Wildman–Crippen LogP) is 14.7. The normalized spacial score (nSPS) is 10.7. The maximum absolute atomic E-state index is 12.2. The van der Waals surface area contributed by atoms with Crippen molar-refractivity contribution in [3.63, 3.8) is 0 Å². The Hall–Kier alpha value is -18.2. The van der Waals surface area contributed by atoms with Crippen LogP contribution in [0.15, 0.2) is 290 Å². The van der Waals surface area contributed by atoms with Crippen molar-refractivity contribution in [3.05, 3.63) is 329 Å². The van der Waals surface area contributed by atoms with Crippen LogP contribution in [0, 0.1) is 10.1 Å². The molecule has 34 nitrogen and oxygen atoms in total. The predicted molar refractivity (Wildman–Crippen MR) is 475 cm³/mol. The molecule has 130 heavy (non-hydrogen) atoms. The van der Waals surface area contributed by atoms with E-state index in [2.05, 4.69) is 59.8 Å². The molecule has 0 saturated carbocycles. The van der Waals surface area contributed by atoms with Gasteiger partial charge in [-0.25, -0.2) is 87.4 Å². The molecular formula is C95H71N15O19S. The number of carbonyl (C=O) groups is 6. The maximum Gasteiger partial charge on any atom is 0.337 e. The summed E-state index contributed by atoms with van der Waals surface area (Å²) in [6, 6.07) is 77.2. The standard InChI is InChI=1S/C25H19N5O5.C24H19N3O5S.C23H16N4O5.C23H17N3O4/c1-35-25(34)15-9-7-14(8-10-15)23-28-22(13-5-3-2-4-6-13)29-24(30-23)19-17(21(27)33)11-16(20(26)32)12-18(19)31;1-32-24(29)17-10-8-16(9-11-17)22-25-21(15-6-4-3-5-7-15)26-23(27-22)19-14-18(33(2,30)31)12-13-20(19)28;1-32-23(29)16-12-10-15(11-13-16)21-24-20(14-6-3-2-4-7-14)25-22(26-21)19-17(27(30)31)8-5-9-18(19)28;1-30-23(29)16-12-10-15(11-13-16)21-24-20(14-6-3-2-4-7-14)25-22(26-21)19-17(27)8-5-9-18(19)28/h2-12,31H,1H3,(H2,26,32)(H2,27,33);3-14,28H,1-2H3;2-13,28H,1H3;2-13,27-28H,1H3. The van der Waals surface area contributed by atoms with Gasteiger partial charge in [0.1, 0.15) is 39.9 Å². The summed E-state index contributed by atoms with van der Waals surface area (Å²) in [7, 11) is 1.68. The SMILES string of the molecule is COC(=O)c1ccc(-c2nc(-c3ccccc3)nc(-c3c(O)cc(C(N)=O)cc3C(N)=O)n2)cc1.COC(=O)c1ccc(-c2nc(-c3ccccc3)nc(-c3c(O)cccc3O)n2)cc1.COC(=O)c1ccc(-c2nc(-c3ccccc3)nc(-c3c(O)cccc3[N+](=O)[O-])n2)cc1.COC(=O)c1ccc(-c2nc(-c3ccccc3)nc(-c3cc(S(C)(=O)=O)ccc3O)n2)cc1.